The van der Waals surface area contributed by atoms with E-state index in [4.69, 9.17) is 15.0 Å². The molecular weight excluding hydrogens is 186 g/mol. The Morgan fingerprint density at radius 2 is 1.00 bits per heavy atom. The normalized spacial score (nSPS) is 14.0. The molecule has 60 valence electrons. The zero-order chi connectivity index (χ0) is 7.82. The van der Waals surface area contributed by atoms with E-state index in [1.807, 2.05) is 0 Å². The largest absolute Gasteiger partial charge is 1.00 e. The molecule has 0 aliphatic carbocycles. The number of carboxylic acid groups (broad SMARTS) is 2. The Morgan fingerprint density at radius 3 is 1.00 bits per heavy atom. The third kappa shape index (κ3) is 114. The van der Waals surface area contributed by atoms with Crippen molar-refractivity contribution in [3.63, 3.8) is 0 Å². The number of ether oxygens (including phenoxy) is 2. The zero-order valence-electron chi connectivity index (χ0n) is 7.37. The predicted octanol–water partition coefficient (Wildman–Crippen LogP) is -8.41. The van der Waals surface area contributed by atoms with Gasteiger partial charge in [-0.25, -0.2) is 0 Å². The number of rotatable bonds is 0. The predicted molar refractivity (Wildman–Crippen MR) is 27.0 cm³/mol. The molecule has 0 saturated carbocycles. The molecule has 2 heterocycles. The van der Waals surface area contributed by atoms with Gasteiger partial charge in [-0.2, -0.15) is 0 Å². The summed E-state index contributed by atoms with van der Waals surface area (Å²) < 4.78 is 9.00. The summed E-state index contributed by atoms with van der Waals surface area (Å²) in [6.45, 7) is 4.00. The minimum Gasteiger partial charge on any atom is -0.652 e. The minimum absolute atomic E-state index is 0. The van der Waals surface area contributed by atoms with Crippen LogP contribution >= 0.6 is 0 Å². The Labute approximate surface area is 115 Å². The summed E-state index contributed by atoms with van der Waals surface area (Å²) in [5.41, 5.74) is 0. The van der Waals surface area contributed by atoms with Crippen LogP contribution in [0.15, 0.2) is 0 Å². The molecular formula is C5H8Na2O5. The van der Waals surface area contributed by atoms with Crippen molar-refractivity contribution < 1.29 is 83.6 Å². The van der Waals surface area contributed by atoms with Crippen LogP contribution in [0.5, 0.6) is 0 Å². The molecule has 2 aliphatic rings. The molecule has 0 aromatic heterocycles. The molecule has 0 N–H and O–H groups in total. The fourth-order valence-corrected chi connectivity index (χ4v) is 0. The first-order valence-corrected chi connectivity index (χ1v) is 2.77. The summed E-state index contributed by atoms with van der Waals surface area (Å²) in [6, 6.07) is 0. The van der Waals surface area contributed by atoms with Gasteiger partial charge in [-0.1, -0.05) is 0 Å². The second kappa shape index (κ2) is 14.7. The molecule has 2 aliphatic heterocycles. The van der Waals surface area contributed by atoms with E-state index in [0.29, 0.717) is 0 Å². The van der Waals surface area contributed by atoms with Crippen molar-refractivity contribution in [2.45, 2.75) is 0 Å². The Balaban J connectivity index is -0.0000000937. The van der Waals surface area contributed by atoms with E-state index in [2.05, 4.69) is 9.47 Å². The van der Waals surface area contributed by atoms with Crippen LogP contribution in [-0.2, 0) is 9.47 Å². The van der Waals surface area contributed by atoms with Gasteiger partial charge in [-0.3, -0.25) is 0 Å². The fraction of sp³-hybridized carbons (Fsp3) is 0.800. The van der Waals surface area contributed by atoms with Crippen LogP contribution in [0.3, 0.4) is 0 Å². The second-order valence-corrected chi connectivity index (χ2v) is 1.47. The molecule has 0 atom stereocenters. The van der Waals surface area contributed by atoms with Crippen molar-refractivity contribution in [1.82, 2.24) is 0 Å². The molecule has 12 heavy (non-hydrogen) atoms. The van der Waals surface area contributed by atoms with Crippen LogP contribution in [-0.4, -0.2) is 32.6 Å². The van der Waals surface area contributed by atoms with Crippen molar-refractivity contribution >= 4 is 6.16 Å². The smallest absolute Gasteiger partial charge is 0.652 e. The van der Waals surface area contributed by atoms with Gasteiger partial charge in [0, 0.05) is 0 Å². The van der Waals surface area contributed by atoms with E-state index in [9.17, 15) is 0 Å². The molecule has 7 heteroatoms. The maximum atomic E-state index is 8.33. The van der Waals surface area contributed by atoms with Crippen LogP contribution in [0.25, 0.3) is 0 Å². The SMILES string of the molecule is C1CO1.C1CO1.O=C([O-])[O-].[Na+].[Na+]. The van der Waals surface area contributed by atoms with Crippen LogP contribution in [0.4, 0.5) is 4.79 Å². The molecule has 5 nitrogen and oxygen atoms in total. The monoisotopic (exact) mass is 194 g/mol. The summed E-state index contributed by atoms with van der Waals surface area (Å²) >= 11 is 0. The van der Waals surface area contributed by atoms with Crippen LogP contribution in [0.1, 0.15) is 0 Å². The third-order valence-corrected chi connectivity index (χ3v) is 0.408. The summed E-state index contributed by atoms with van der Waals surface area (Å²) in [7, 11) is 0. The molecule has 2 rings (SSSR count). The number of carbonyl (C=O) groups is 1. The first-order valence-electron chi connectivity index (χ1n) is 2.77. The molecule has 0 spiro atoms. The van der Waals surface area contributed by atoms with Gasteiger partial charge in [-0.15, -0.1) is 0 Å². The van der Waals surface area contributed by atoms with Crippen molar-refractivity contribution in [2.75, 3.05) is 26.4 Å². The van der Waals surface area contributed by atoms with Gasteiger partial charge >= 0.3 is 59.1 Å². The minimum atomic E-state index is -2.33. The van der Waals surface area contributed by atoms with E-state index < -0.39 is 6.16 Å². The van der Waals surface area contributed by atoms with Gasteiger partial charge in [0.2, 0.25) is 0 Å². The average Bonchev–Trinajstić information content (AvgIpc) is 2.62. The summed E-state index contributed by atoms with van der Waals surface area (Å²) in [6.07, 6.45) is -2.33. The Hall–Kier alpha value is 1.19. The maximum Gasteiger partial charge on any atom is 1.00 e. The molecule has 0 aromatic rings. The Morgan fingerprint density at radius 1 is 0.917 bits per heavy atom. The maximum absolute atomic E-state index is 8.33. The van der Waals surface area contributed by atoms with Gasteiger partial charge in [-0.05, 0) is 6.16 Å². The van der Waals surface area contributed by atoms with Crippen molar-refractivity contribution in [1.29, 1.82) is 0 Å². The molecule has 0 amide bonds. The third-order valence-electron chi connectivity index (χ3n) is 0.408. The van der Waals surface area contributed by atoms with E-state index in [0.717, 1.165) is 26.4 Å². The number of carbonyl (C=O) groups excluding carboxylic acids is 1. The summed E-state index contributed by atoms with van der Waals surface area (Å²) in [5, 5.41) is 16.7. The van der Waals surface area contributed by atoms with Gasteiger partial charge in [0.1, 0.15) is 0 Å². The van der Waals surface area contributed by atoms with Crippen molar-refractivity contribution in [3.05, 3.63) is 0 Å². The van der Waals surface area contributed by atoms with E-state index in [-0.39, 0.29) is 59.1 Å². The van der Waals surface area contributed by atoms with E-state index in [1.54, 1.807) is 0 Å². The molecule has 0 bridgehead atoms. The van der Waals surface area contributed by atoms with Crippen LogP contribution in [0.2, 0.25) is 0 Å². The first kappa shape index (κ1) is 18.9. The standard InChI is InChI=1S/2C2H4O.CH2O3.2Na/c2*1-2-3-1;2-1(3)4;;/h2*1-2H2;(H2,2,3,4);;/q;;;2*+1/p-2. The van der Waals surface area contributed by atoms with Crippen LogP contribution < -0.4 is 69.3 Å². The van der Waals surface area contributed by atoms with Crippen molar-refractivity contribution in [3.8, 4) is 0 Å². The van der Waals surface area contributed by atoms with Gasteiger partial charge in [0.15, 0.2) is 0 Å². The molecule has 0 radical (unpaired) electrons. The van der Waals surface area contributed by atoms with Gasteiger partial charge < -0.3 is 24.5 Å². The molecule has 0 unspecified atom stereocenters. The number of epoxide rings is 2. The quantitative estimate of drug-likeness (QED) is 0.282. The number of hydrogen-bond donors (Lipinski definition) is 0. The average molecular weight is 194 g/mol. The summed E-state index contributed by atoms with van der Waals surface area (Å²) in [4.78, 5) is 8.33. The second-order valence-electron chi connectivity index (χ2n) is 1.47. The zero-order valence-corrected chi connectivity index (χ0v) is 11.4. The molecule has 2 fully saturated rings. The Bertz CT molecular complexity index is 80.3. The topological polar surface area (TPSA) is 88.2 Å². The van der Waals surface area contributed by atoms with Gasteiger partial charge in [0.05, 0.1) is 26.4 Å². The molecule has 0 aromatic carbocycles. The van der Waals surface area contributed by atoms with Crippen molar-refractivity contribution in [2.24, 2.45) is 0 Å². The van der Waals surface area contributed by atoms with Gasteiger partial charge in [0.25, 0.3) is 0 Å². The van der Waals surface area contributed by atoms with E-state index in [1.165, 1.54) is 0 Å². The number of hydrogen-bond acceptors (Lipinski definition) is 5. The fourth-order valence-electron chi connectivity index (χ4n) is 0. The van der Waals surface area contributed by atoms with Crippen LogP contribution in [0, 0.1) is 0 Å². The first-order chi connectivity index (χ1) is 4.73. The molecule has 2 saturated heterocycles. The van der Waals surface area contributed by atoms with E-state index >= 15 is 0 Å². The Kier molecular flexibility index (Phi) is 23.1. The summed E-state index contributed by atoms with van der Waals surface area (Å²) in [5.74, 6) is 0.